The van der Waals surface area contributed by atoms with Crippen LogP contribution in [0.3, 0.4) is 0 Å². The van der Waals surface area contributed by atoms with Crippen LogP contribution < -0.4 is 11.1 Å². The number of benzene rings is 1. The van der Waals surface area contributed by atoms with Crippen molar-refractivity contribution in [3.05, 3.63) is 28.2 Å². The summed E-state index contributed by atoms with van der Waals surface area (Å²) < 4.78 is 5.80. The molecule has 1 aliphatic carbocycles. The fourth-order valence-electron chi connectivity index (χ4n) is 2.37. The summed E-state index contributed by atoms with van der Waals surface area (Å²) in [6.45, 7) is 1.57. The average molecular weight is 355 g/mol. The van der Waals surface area contributed by atoms with Gasteiger partial charge >= 0.3 is 5.97 Å². The number of nitrogen functional groups attached to an aromatic ring is 1. The predicted molar refractivity (Wildman–Crippen MR) is 83.8 cm³/mol. The van der Waals surface area contributed by atoms with Crippen molar-refractivity contribution >= 4 is 33.5 Å². The fourth-order valence-corrected chi connectivity index (χ4v) is 2.77. The van der Waals surface area contributed by atoms with Gasteiger partial charge in [-0.05, 0) is 53.9 Å². The van der Waals surface area contributed by atoms with Crippen molar-refractivity contribution in [2.45, 2.75) is 44.8 Å². The Morgan fingerprint density at radius 1 is 1.38 bits per heavy atom. The third-order valence-corrected chi connectivity index (χ3v) is 4.26. The Morgan fingerprint density at radius 3 is 2.71 bits per heavy atom. The van der Waals surface area contributed by atoms with Crippen LogP contribution in [0.5, 0.6) is 0 Å². The van der Waals surface area contributed by atoms with Crippen LogP contribution in [0, 0.1) is 0 Å². The minimum Gasteiger partial charge on any atom is -0.449 e. The molecular weight excluding hydrogens is 336 g/mol. The van der Waals surface area contributed by atoms with E-state index in [1.807, 2.05) is 0 Å². The average Bonchev–Trinajstić information content (AvgIpc) is 2.94. The minimum atomic E-state index is -0.827. The SMILES string of the molecule is CC(OC(=O)c1cc(N)ccc1Br)C(=O)NC1CCCC1. The molecule has 1 saturated carbocycles. The maximum Gasteiger partial charge on any atom is 0.340 e. The zero-order valence-electron chi connectivity index (χ0n) is 11.9. The number of esters is 1. The van der Waals surface area contributed by atoms with Crippen LogP contribution in [0.4, 0.5) is 5.69 Å². The number of halogens is 1. The van der Waals surface area contributed by atoms with E-state index in [1.165, 1.54) is 6.07 Å². The smallest absolute Gasteiger partial charge is 0.340 e. The van der Waals surface area contributed by atoms with Gasteiger partial charge in [-0.15, -0.1) is 0 Å². The summed E-state index contributed by atoms with van der Waals surface area (Å²) in [5.74, 6) is -0.821. The monoisotopic (exact) mass is 354 g/mol. The van der Waals surface area contributed by atoms with Gasteiger partial charge in [-0.3, -0.25) is 4.79 Å². The molecule has 0 heterocycles. The molecule has 1 aromatic rings. The van der Waals surface area contributed by atoms with Gasteiger partial charge in [0.2, 0.25) is 0 Å². The van der Waals surface area contributed by atoms with Crippen molar-refractivity contribution < 1.29 is 14.3 Å². The zero-order chi connectivity index (χ0) is 15.4. The number of carbonyl (C=O) groups is 2. The second-order valence-corrected chi connectivity index (χ2v) is 6.13. The predicted octanol–water partition coefficient (Wildman–Crippen LogP) is 2.64. The number of amides is 1. The van der Waals surface area contributed by atoms with Gasteiger partial charge in [0.05, 0.1) is 5.56 Å². The second-order valence-electron chi connectivity index (χ2n) is 5.28. The largest absolute Gasteiger partial charge is 0.449 e. The van der Waals surface area contributed by atoms with Crippen LogP contribution in [0.15, 0.2) is 22.7 Å². The Balaban J connectivity index is 1.94. The van der Waals surface area contributed by atoms with Gasteiger partial charge < -0.3 is 15.8 Å². The van der Waals surface area contributed by atoms with Crippen molar-refractivity contribution in [2.75, 3.05) is 5.73 Å². The van der Waals surface area contributed by atoms with Gasteiger partial charge in [0, 0.05) is 16.2 Å². The lowest BCUT2D eigenvalue weighted by molar-refractivity contribution is -0.129. The van der Waals surface area contributed by atoms with Gasteiger partial charge in [-0.25, -0.2) is 4.79 Å². The van der Waals surface area contributed by atoms with E-state index in [0.29, 0.717) is 15.7 Å². The molecule has 1 fully saturated rings. The first-order valence-electron chi connectivity index (χ1n) is 7.03. The van der Waals surface area contributed by atoms with Crippen molar-refractivity contribution in [2.24, 2.45) is 0 Å². The zero-order valence-corrected chi connectivity index (χ0v) is 13.5. The highest BCUT2D eigenvalue weighted by Gasteiger charge is 2.24. The van der Waals surface area contributed by atoms with E-state index in [4.69, 9.17) is 10.5 Å². The lowest BCUT2D eigenvalue weighted by Gasteiger charge is -2.17. The number of nitrogens with two attached hydrogens (primary N) is 1. The van der Waals surface area contributed by atoms with E-state index in [9.17, 15) is 9.59 Å². The molecule has 0 spiro atoms. The molecule has 1 aliphatic rings. The first-order chi connectivity index (χ1) is 9.97. The third-order valence-electron chi connectivity index (χ3n) is 3.56. The van der Waals surface area contributed by atoms with E-state index in [-0.39, 0.29) is 11.9 Å². The van der Waals surface area contributed by atoms with E-state index in [2.05, 4.69) is 21.2 Å². The molecule has 6 heteroatoms. The number of ether oxygens (including phenoxy) is 1. The Hall–Kier alpha value is -1.56. The normalized spacial score (nSPS) is 16.5. The van der Waals surface area contributed by atoms with Gasteiger partial charge in [-0.2, -0.15) is 0 Å². The molecule has 0 saturated heterocycles. The number of anilines is 1. The van der Waals surface area contributed by atoms with Gasteiger partial charge in [0.15, 0.2) is 6.10 Å². The summed E-state index contributed by atoms with van der Waals surface area (Å²) in [4.78, 5) is 24.1. The number of nitrogens with one attached hydrogen (secondary N) is 1. The van der Waals surface area contributed by atoms with E-state index >= 15 is 0 Å². The minimum absolute atomic E-state index is 0.206. The first-order valence-corrected chi connectivity index (χ1v) is 7.83. The molecule has 114 valence electrons. The fraction of sp³-hybridized carbons (Fsp3) is 0.467. The Morgan fingerprint density at radius 2 is 2.05 bits per heavy atom. The van der Waals surface area contributed by atoms with Crippen molar-refractivity contribution in [1.29, 1.82) is 0 Å². The van der Waals surface area contributed by atoms with Crippen LogP contribution in [0.1, 0.15) is 43.0 Å². The van der Waals surface area contributed by atoms with Crippen LogP contribution in [-0.4, -0.2) is 24.0 Å². The molecule has 0 aromatic heterocycles. The Labute approximate surface area is 132 Å². The number of rotatable bonds is 4. The lowest BCUT2D eigenvalue weighted by Crippen LogP contribution is -2.40. The van der Waals surface area contributed by atoms with E-state index in [0.717, 1.165) is 25.7 Å². The van der Waals surface area contributed by atoms with Crippen molar-refractivity contribution in [3.63, 3.8) is 0 Å². The Kier molecular flexibility index (Phi) is 5.22. The first kappa shape index (κ1) is 15.8. The summed E-state index contributed by atoms with van der Waals surface area (Å²) in [7, 11) is 0. The van der Waals surface area contributed by atoms with Crippen molar-refractivity contribution in [3.8, 4) is 0 Å². The van der Waals surface area contributed by atoms with E-state index < -0.39 is 12.1 Å². The molecule has 1 aromatic carbocycles. The third kappa shape index (κ3) is 4.20. The topological polar surface area (TPSA) is 81.4 Å². The summed E-state index contributed by atoms with van der Waals surface area (Å²) in [6, 6.07) is 5.08. The summed E-state index contributed by atoms with van der Waals surface area (Å²) in [5, 5.41) is 2.91. The highest BCUT2D eigenvalue weighted by atomic mass is 79.9. The lowest BCUT2D eigenvalue weighted by atomic mass is 10.2. The molecular formula is C15H19BrN2O3. The molecule has 5 nitrogen and oxygen atoms in total. The molecule has 21 heavy (non-hydrogen) atoms. The summed E-state index contributed by atoms with van der Waals surface area (Å²) >= 11 is 3.27. The standard InChI is InChI=1S/C15H19BrN2O3/c1-9(14(19)18-11-4-2-3-5-11)21-15(20)12-8-10(17)6-7-13(12)16/h6-9,11H,2-5,17H2,1H3,(H,18,19). The molecule has 0 radical (unpaired) electrons. The maximum absolute atomic E-state index is 12.1. The van der Waals surface area contributed by atoms with Gasteiger partial charge in [-0.1, -0.05) is 12.8 Å². The van der Waals surface area contributed by atoms with Crippen LogP contribution in [0.2, 0.25) is 0 Å². The van der Waals surface area contributed by atoms with E-state index in [1.54, 1.807) is 19.1 Å². The number of hydrogen-bond acceptors (Lipinski definition) is 4. The van der Waals surface area contributed by atoms with Crippen LogP contribution in [0.25, 0.3) is 0 Å². The van der Waals surface area contributed by atoms with Gasteiger partial charge in [0.1, 0.15) is 0 Å². The van der Waals surface area contributed by atoms with Crippen LogP contribution >= 0.6 is 15.9 Å². The quantitative estimate of drug-likeness (QED) is 0.643. The molecule has 1 amide bonds. The summed E-state index contributed by atoms with van der Waals surface area (Å²) in [6.07, 6.45) is 3.43. The highest BCUT2D eigenvalue weighted by Crippen LogP contribution is 2.21. The van der Waals surface area contributed by atoms with Crippen molar-refractivity contribution in [1.82, 2.24) is 5.32 Å². The molecule has 3 N–H and O–H groups in total. The summed E-state index contributed by atoms with van der Waals surface area (Å²) in [5.41, 5.74) is 6.44. The molecule has 2 rings (SSSR count). The maximum atomic E-state index is 12.1. The highest BCUT2D eigenvalue weighted by molar-refractivity contribution is 9.10. The second kappa shape index (κ2) is 6.93. The Bertz CT molecular complexity index is 542. The van der Waals surface area contributed by atoms with Gasteiger partial charge in [0.25, 0.3) is 5.91 Å². The molecule has 0 bridgehead atoms. The number of carbonyl (C=O) groups excluding carboxylic acids is 2. The molecule has 1 atom stereocenters. The molecule has 0 aliphatic heterocycles. The number of hydrogen-bond donors (Lipinski definition) is 2. The van der Waals surface area contributed by atoms with Crippen LogP contribution in [-0.2, 0) is 9.53 Å². The molecule has 1 unspecified atom stereocenters.